The highest BCUT2D eigenvalue weighted by Gasteiger charge is 2.54. The SMILES string of the molecule is Cl.O=C(CN1C[C@@H]2CCC[C@@]2(C(=O)O)C1)Nc1ccc(F)cc1F. The van der Waals surface area contributed by atoms with Gasteiger partial charge in [-0.3, -0.25) is 14.5 Å². The highest BCUT2D eigenvalue weighted by Crippen LogP contribution is 2.48. The average Bonchev–Trinajstić information content (AvgIpc) is 2.99. The number of likely N-dealkylation sites (tertiary alicyclic amines) is 1. The van der Waals surface area contributed by atoms with Gasteiger partial charge < -0.3 is 10.4 Å². The predicted molar refractivity (Wildman–Crippen MR) is 86.1 cm³/mol. The molecule has 5 nitrogen and oxygen atoms in total. The Morgan fingerprint density at radius 3 is 2.75 bits per heavy atom. The summed E-state index contributed by atoms with van der Waals surface area (Å²) < 4.78 is 26.4. The number of nitrogens with zero attached hydrogens (tertiary/aromatic N) is 1. The van der Waals surface area contributed by atoms with Gasteiger partial charge >= 0.3 is 5.97 Å². The van der Waals surface area contributed by atoms with Crippen LogP contribution in [0.25, 0.3) is 0 Å². The number of hydrogen-bond acceptors (Lipinski definition) is 3. The lowest BCUT2D eigenvalue weighted by molar-refractivity contribution is -0.149. The second-order valence-electron chi connectivity index (χ2n) is 6.39. The number of rotatable bonds is 4. The second-order valence-corrected chi connectivity index (χ2v) is 6.39. The van der Waals surface area contributed by atoms with Crippen molar-refractivity contribution in [1.82, 2.24) is 4.90 Å². The summed E-state index contributed by atoms with van der Waals surface area (Å²) in [7, 11) is 0. The smallest absolute Gasteiger partial charge is 0.311 e. The van der Waals surface area contributed by atoms with Gasteiger partial charge in [0, 0.05) is 19.2 Å². The van der Waals surface area contributed by atoms with Crippen LogP contribution >= 0.6 is 12.4 Å². The Morgan fingerprint density at radius 1 is 1.38 bits per heavy atom. The van der Waals surface area contributed by atoms with Crippen molar-refractivity contribution in [2.24, 2.45) is 11.3 Å². The van der Waals surface area contributed by atoms with Gasteiger partial charge in [-0.05, 0) is 30.9 Å². The maximum atomic E-state index is 13.5. The summed E-state index contributed by atoms with van der Waals surface area (Å²) >= 11 is 0. The van der Waals surface area contributed by atoms with Crippen molar-refractivity contribution in [3.63, 3.8) is 0 Å². The number of hydrogen-bond donors (Lipinski definition) is 2. The average molecular weight is 361 g/mol. The number of carbonyl (C=O) groups excluding carboxylic acids is 1. The minimum Gasteiger partial charge on any atom is -0.481 e. The Hall–Kier alpha value is -1.73. The van der Waals surface area contributed by atoms with Crippen LogP contribution in [-0.4, -0.2) is 41.5 Å². The van der Waals surface area contributed by atoms with E-state index in [1.54, 1.807) is 4.90 Å². The van der Waals surface area contributed by atoms with Gasteiger partial charge in [0.2, 0.25) is 5.91 Å². The van der Waals surface area contributed by atoms with Crippen molar-refractivity contribution in [3.8, 4) is 0 Å². The molecule has 2 fully saturated rings. The van der Waals surface area contributed by atoms with Crippen molar-refractivity contribution in [1.29, 1.82) is 0 Å². The fourth-order valence-electron chi connectivity index (χ4n) is 3.85. The topological polar surface area (TPSA) is 69.6 Å². The first-order valence-electron chi connectivity index (χ1n) is 7.61. The Balaban J connectivity index is 0.00000208. The van der Waals surface area contributed by atoms with E-state index < -0.39 is 28.9 Å². The standard InChI is InChI=1S/C16H18F2N2O3.ClH/c17-11-3-4-13(12(18)6-11)19-14(21)8-20-7-10-2-1-5-16(10,9-20)15(22)23;/h3-4,6,10H,1-2,5,7-9H2,(H,19,21)(H,22,23);1H/t10-,16+;/m0./s1. The molecule has 0 aromatic heterocycles. The fraction of sp³-hybridized carbons (Fsp3) is 0.500. The van der Waals surface area contributed by atoms with E-state index in [1.165, 1.54) is 6.07 Å². The monoisotopic (exact) mass is 360 g/mol. The molecule has 1 aromatic carbocycles. The minimum atomic E-state index is -0.835. The third-order valence-electron chi connectivity index (χ3n) is 4.94. The molecular weight excluding hydrogens is 342 g/mol. The normalized spacial score (nSPS) is 25.8. The zero-order valence-electron chi connectivity index (χ0n) is 12.9. The molecule has 1 saturated carbocycles. The molecule has 1 aliphatic heterocycles. The molecule has 132 valence electrons. The molecule has 3 rings (SSSR count). The van der Waals surface area contributed by atoms with Crippen molar-refractivity contribution < 1.29 is 23.5 Å². The van der Waals surface area contributed by atoms with Crippen LogP contribution < -0.4 is 5.32 Å². The van der Waals surface area contributed by atoms with Crippen LogP contribution in [0.1, 0.15) is 19.3 Å². The summed E-state index contributed by atoms with van der Waals surface area (Å²) in [6.45, 7) is 0.903. The van der Waals surface area contributed by atoms with E-state index in [-0.39, 0.29) is 30.6 Å². The quantitative estimate of drug-likeness (QED) is 0.865. The molecule has 0 bridgehead atoms. The van der Waals surface area contributed by atoms with Crippen LogP contribution in [0.5, 0.6) is 0 Å². The minimum absolute atomic E-state index is 0. The van der Waals surface area contributed by atoms with Crippen LogP contribution in [0.2, 0.25) is 0 Å². The maximum Gasteiger partial charge on any atom is 0.311 e. The van der Waals surface area contributed by atoms with E-state index >= 15 is 0 Å². The molecule has 2 atom stereocenters. The van der Waals surface area contributed by atoms with E-state index in [9.17, 15) is 23.5 Å². The van der Waals surface area contributed by atoms with Crippen molar-refractivity contribution >= 4 is 30.0 Å². The third-order valence-corrected chi connectivity index (χ3v) is 4.94. The van der Waals surface area contributed by atoms with Gasteiger partial charge in [-0.1, -0.05) is 6.42 Å². The zero-order chi connectivity index (χ0) is 16.6. The van der Waals surface area contributed by atoms with Crippen molar-refractivity contribution in [2.45, 2.75) is 19.3 Å². The molecule has 1 saturated heterocycles. The van der Waals surface area contributed by atoms with E-state index in [1.807, 2.05) is 0 Å². The highest BCUT2D eigenvalue weighted by atomic mass is 35.5. The lowest BCUT2D eigenvalue weighted by Crippen LogP contribution is -2.37. The van der Waals surface area contributed by atoms with Gasteiger partial charge in [0.1, 0.15) is 11.6 Å². The van der Waals surface area contributed by atoms with Gasteiger partial charge in [-0.15, -0.1) is 12.4 Å². The Morgan fingerprint density at radius 2 is 2.12 bits per heavy atom. The lowest BCUT2D eigenvalue weighted by atomic mass is 9.81. The summed E-state index contributed by atoms with van der Waals surface area (Å²) in [5.74, 6) is -2.71. The van der Waals surface area contributed by atoms with Crippen LogP contribution in [-0.2, 0) is 9.59 Å². The lowest BCUT2D eigenvalue weighted by Gasteiger charge is -2.23. The molecule has 24 heavy (non-hydrogen) atoms. The summed E-state index contributed by atoms with van der Waals surface area (Å²) in [5, 5.41) is 11.9. The van der Waals surface area contributed by atoms with Gasteiger partial charge in [0.25, 0.3) is 0 Å². The van der Waals surface area contributed by atoms with Gasteiger partial charge in [-0.25, -0.2) is 8.78 Å². The van der Waals surface area contributed by atoms with E-state index in [2.05, 4.69) is 5.32 Å². The first-order valence-corrected chi connectivity index (χ1v) is 7.61. The zero-order valence-corrected chi connectivity index (χ0v) is 13.7. The Labute approximate surface area is 144 Å². The van der Waals surface area contributed by atoms with Crippen LogP contribution in [0.15, 0.2) is 18.2 Å². The third kappa shape index (κ3) is 3.37. The molecule has 2 N–H and O–H groups in total. The molecule has 2 aliphatic rings. The van der Waals surface area contributed by atoms with Gasteiger partial charge in [0.05, 0.1) is 17.6 Å². The molecule has 0 unspecified atom stereocenters. The molecular formula is C16H19ClF2N2O3. The van der Waals surface area contributed by atoms with Gasteiger partial charge in [0.15, 0.2) is 0 Å². The number of fused-ring (bicyclic) bond motifs is 1. The number of benzene rings is 1. The largest absolute Gasteiger partial charge is 0.481 e. The second kappa shape index (κ2) is 7.03. The molecule has 8 heteroatoms. The molecule has 1 aromatic rings. The molecule has 1 amide bonds. The molecule has 0 spiro atoms. The van der Waals surface area contributed by atoms with E-state index in [0.29, 0.717) is 25.6 Å². The molecule has 0 radical (unpaired) electrons. The number of anilines is 1. The first kappa shape index (κ1) is 18.6. The number of carboxylic acids is 1. The summed E-state index contributed by atoms with van der Waals surface area (Å²) in [6.07, 6.45) is 2.40. The summed E-state index contributed by atoms with van der Waals surface area (Å²) in [4.78, 5) is 25.4. The van der Waals surface area contributed by atoms with Crippen LogP contribution in [0.3, 0.4) is 0 Å². The number of aliphatic carboxylic acids is 1. The summed E-state index contributed by atoms with van der Waals surface area (Å²) in [6, 6.07) is 2.94. The molecule has 1 aliphatic carbocycles. The van der Waals surface area contributed by atoms with E-state index in [0.717, 1.165) is 18.9 Å². The number of halogens is 3. The maximum absolute atomic E-state index is 13.5. The summed E-state index contributed by atoms with van der Waals surface area (Å²) in [5.41, 5.74) is -0.828. The number of carbonyl (C=O) groups is 2. The van der Waals surface area contributed by atoms with Gasteiger partial charge in [-0.2, -0.15) is 0 Å². The van der Waals surface area contributed by atoms with Crippen LogP contribution in [0, 0.1) is 23.0 Å². The van der Waals surface area contributed by atoms with E-state index in [4.69, 9.17) is 0 Å². The number of nitrogens with one attached hydrogen (secondary N) is 1. The van der Waals surface area contributed by atoms with Crippen molar-refractivity contribution in [2.75, 3.05) is 25.0 Å². The Kier molecular flexibility index (Phi) is 5.45. The number of carboxylic acid groups (broad SMARTS) is 1. The fourth-order valence-corrected chi connectivity index (χ4v) is 3.85. The van der Waals surface area contributed by atoms with Crippen molar-refractivity contribution in [3.05, 3.63) is 29.8 Å². The van der Waals surface area contributed by atoms with Crippen LogP contribution in [0.4, 0.5) is 14.5 Å². The first-order chi connectivity index (χ1) is 10.9. The molecule has 1 heterocycles. The highest BCUT2D eigenvalue weighted by molar-refractivity contribution is 5.92. The number of amides is 1. The Bertz CT molecular complexity index is 658. The predicted octanol–water partition coefficient (Wildman–Crippen LogP) is 2.51.